The number of pyridine rings is 1. The summed E-state index contributed by atoms with van der Waals surface area (Å²) < 4.78 is 0. The Kier molecular flexibility index (Phi) is 4.85. The predicted molar refractivity (Wildman–Crippen MR) is 84.6 cm³/mol. The molecule has 4 nitrogen and oxygen atoms in total. The number of hydrogen-bond acceptors (Lipinski definition) is 4. The minimum atomic E-state index is -0.219. The number of para-hydroxylation sites is 1. The highest BCUT2D eigenvalue weighted by Gasteiger charge is 2.09. The largest absolute Gasteiger partial charge is 0.398 e. The van der Waals surface area contributed by atoms with Gasteiger partial charge in [0.1, 0.15) is 5.69 Å². The van der Waals surface area contributed by atoms with Crippen molar-refractivity contribution in [1.82, 2.24) is 10.3 Å². The summed E-state index contributed by atoms with van der Waals surface area (Å²) in [6.07, 6.45) is 5.15. The lowest BCUT2D eigenvalue weighted by Crippen LogP contribution is -2.26. The number of nitrogen functional groups attached to an aromatic ring is 1. The van der Waals surface area contributed by atoms with Crippen LogP contribution in [0.15, 0.2) is 30.3 Å². The van der Waals surface area contributed by atoms with E-state index in [2.05, 4.69) is 16.2 Å². The Balaban J connectivity index is 2.05. The van der Waals surface area contributed by atoms with Gasteiger partial charge in [-0.2, -0.15) is 0 Å². The summed E-state index contributed by atoms with van der Waals surface area (Å²) in [6.45, 7) is 0.555. The highest BCUT2D eigenvalue weighted by molar-refractivity contribution is 7.99. The van der Waals surface area contributed by atoms with Crippen LogP contribution in [0, 0.1) is 12.3 Å². The topological polar surface area (TPSA) is 68.0 Å². The molecule has 0 aliphatic carbocycles. The molecule has 1 aromatic carbocycles. The second kappa shape index (κ2) is 6.83. The number of carbonyl (C=O) groups is 1. The fourth-order valence-electron chi connectivity index (χ4n) is 1.78. The Morgan fingerprint density at radius 2 is 2.25 bits per heavy atom. The molecule has 0 spiro atoms. The van der Waals surface area contributed by atoms with Crippen LogP contribution in [0.1, 0.15) is 10.5 Å². The van der Waals surface area contributed by atoms with Crippen LogP contribution in [0.2, 0.25) is 0 Å². The zero-order chi connectivity index (χ0) is 14.4. The molecule has 3 N–H and O–H groups in total. The second-order valence-corrected chi connectivity index (χ2v) is 5.23. The van der Waals surface area contributed by atoms with Crippen molar-refractivity contribution in [3.8, 4) is 12.3 Å². The van der Waals surface area contributed by atoms with Crippen molar-refractivity contribution in [3.63, 3.8) is 0 Å². The number of thioether (sulfide) groups is 1. The summed E-state index contributed by atoms with van der Waals surface area (Å²) in [7, 11) is 0. The van der Waals surface area contributed by atoms with Gasteiger partial charge in [0.25, 0.3) is 5.91 Å². The number of nitrogens with one attached hydrogen (secondary N) is 1. The molecule has 0 bridgehead atoms. The molecule has 0 saturated heterocycles. The number of anilines is 1. The SMILES string of the molecule is C#CCSCCNC(=O)c1cc(N)c2ccccc2n1. The summed E-state index contributed by atoms with van der Waals surface area (Å²) >= 11 is 1.60. The van der Waals surface area contributed by atoms with Gasteiger partial charge in [-0.3, -0.25) is 4.79 Å². The molecule has 5 heteroatoms. The van der Waals surface area contributed by atoms with Crippen molar-refractivity contribution in [2.75, 3.05) is 23.8 Å². The fraction of sp³-hybridized carbons (Fsp3) is 0.200. The third kappa shape index (κ3) is 3.43. The van der Waals surface area contributed by atoms with Crippen LogP contribution in [0.4, 0.5) is 5.69 Å². The Morgan fingerprint density at radius 3 is 3.05 bits per heavy atom. The molecule has 0 aliphatic heterocycles. The van der Waals surface area contributed by atoms with E-state index >= 15 is 0 Å². The summed E-state index contributed by atoms with van der Waals surface area (Å²) in [5.74, 6) is 3.74. The first-order chi connectivity index (χ1) is 9.72. The lowest BCUT2D eigenvalue weighted by Gasteiger charge is -2.07. The Bertz CT molecular complexity index is 664. The number of nitrogens with zero attached hydrogens (tertiary/aromatic N) is 1. The van der Waals surface area contributed by atoms with E-state index in [9.17, 15) is 4.79 Å². The van der Waals surface area contributed by atoms with Crippen molar-refractivity contribution in [2.45, 2.75) is 0 Å². The molecule has 20 heavy (non-hydrogen) atoms. The van der Waals surface area contributed by atoms with Crippen molar-refractivity contribution in [2.24, 2.45) is 0 Å². The number of amides is 1. The molecule has 2 aromatic rings. The van der Waals surface area contributed by atoms with Crippen LogP contribution in [-0.4, -0.2) is 28.9 Å². The predicted octanol–water partition coefficient (Wildman–Crippen LogP) is 1.91. The highest BCUT2D eigenvalue weighted by atomic mass is 32.2. The summed E-state index contributed by atoms with van der Waals surface area (Å²) in [5.41, 5.74) is 7.56. The van der Waals surface area contributed by atoms with Gasteiger partial charge in [-0.05, 0) is 12.1 Å². The van der Waals surface area contributed by atoms with Crippen molar-refractivity contribution >= 4 is 34.3 Å². The van der Waals surface area contributed by atoms with E-state index < -0.39 is 0 Å². The van der Waals surface area contributed by atoms with Crippen molar-refractivity contribution in [1.29, 1.82) is 0 Å². The summed E-state index contributed by atoms with van der Waals surface area (Å²) in [6, 6.07) is 9.09. The Labute approximate surface area is 122 Å². The van der Waals surface area contributed by atoms with E-state index in [-0.39, 0.29) is 5.91 Å². The van der Waals surface area contributed by atoms with E-state index in [1.165, 1.54) is 0 Å². The van der Waals surface area contributed by atoms with E-state index in [1.54, 1.807) is 17.8 Å². The molecule has 0 radical (unpaired) electrons. The van der Waals surface area contributed by atoms with Gasteiger partial charge in [0.05, 0.1) is 11.3 Å². The molecule has 1 aromatic heterocycles. The molecule has 102 valence electrons. The van der Waals surface area contributed by atoms with Crippen molar-refractivity contribution < 1.29 is 4.79 Å². The van der Waals surface area contributed by atoms with Gasteiger partial charge in [0.15, 0.2) is 0 Å². The average molecular weight is 285 g/mol. The number of nitrogens with two attached hydrogens (primary N) is 1. The van der Waals surface area contributed by atoms with Gasteiger partial charge in [-0.1, -0.05) is 24.1 Å². The Hall–Kier alpha value is -2.19. The molecule has 1 amide bonds. The van der Waals surface area contributed by atoms with Gasteiger partial charge >= 0.3 is 0 Å². The summed E-state index contributed by atoms with van der Waals surface area (Å²) in [4.78, 5) is 16.3. The maximum atomic E-state index is 12.0. The molecule has 2 rings (SSSR count). The first kappa shape index (κ1) is 14.2. The molecule has 0 unspecified atom stereocenters. The zero-order valence-corrected chi connectivity index (χ0v) is 11.7. The van der Waals surface area contributed by atoms with Crippen molar-refractivity contribution in [3.05, 3.63) is 36.0 Å². The second-order valence-electron chi connectivity index (χ2n) is 4.13. The smallest absolute Gasteiger partial charge is 0.270 e. The zero-order valence-electron chi connectivity index (χ0n) is 10.9. The molecule has 0 atom stereocenters. The average Bonchev–Trinajstić information content (AvgIpc) is 2.47. The number of benzene rings is 1. The number of hydrogen-bond donors (Lipinski definition) is 2. The van der Waals surface area contributed by atoms with Crippen LogP contribution in [0.5, 0.6) is 0 Å². The molecule has 0 fully saturated rings. The van der Waals surface area contributed by atoms with Gasteiger partial charge in [0, 0.05) is 23.4 Å². The normalized spacial score (nSPS) is 10.2. The third-order valence-electron chi connectivity index (χ3n) is 2.70. The lowest BCUT2D eigenvalue weighted by atomic mass is 10.1. The molecular formula is C15H15N3OS. The minimum Gasteiger partial charge on any atom is -0.398 e. The fourth-order valence-corrected chi connectivity index (χ4v) is 2.29. The van der Waals surface area contributed by atoms with E-state index in [4.69, 9.17) is 12.2 Å². The first-order valence-electron chi connectivity index (χ1n) is 6.17. The highest BCUT2D eigenvalue weighted by Crippen LogP contribution is 2.19. The van der Waals surface area contributed by atoms with E-state index in [0.29, 0.717) is 23.7 Å². The number of fused-ring (bicyclic) bond motifs is 1. The monoisotopic (exact) mass is 285 g/mol. The van der Waals surface area contributed by atoms with E-state index in [0.717, 1.165) is 16.7 Å². The number of carbonyl (C=O) groups excluding carboxylic acids is 1. The Morgan fingerprint density at radius 1 is 1.45 bits per heavy atom. The van der Waals surface area contributed by atoms with Crippen LogP contribution in [-0.2, 0) is 0 Å². The number of terminal acetylenes is 1. The summed E-state index contributed by atoms with van der Waals surface area (Å²) in [5, 5.41) is 3.66. The van der Waals surface area contributed by atoms with Crippen LogP contribution in [0.25, 0.3) is 10.9 Å². The van der Waals surface area contributed by atoms with Crippen LogP contribution >= 0.6 is 11.8 Å². The maximum absolute atomic E-state index is 12.0. The first-order valence-corrected chi connectivity index (χ1v) is 7.32. The molecule has 0 aliphatic rings. The number of rotatable bonds is 5. The van der Waals surface area contributed by atoms with E-state index in [1.807, 2.05) is 24.3 Å². The quantitative estimate of drug-likeness (QED) is 0.650. The third-order valence-corrected chi connectivity index (χ3v) is 3.56. The van der Waals surface area contributed by atoms with Gasteiger partial charge < -0.3 is 11.1 Å². The lowest BCUT2D eigenvalue weighted by molar-refractivity contribution is 0.0951. The van der Waals surface area contributed by atoms with Gasteiger partial charge in [-0.15, -0.1) is 18.2 Å². The number of aromatic nitrogens is 1. The van der Waals surface area contributed by atoms with Gasteiger partial charge in [0.2, 0.25) is 0 Å². The minimum absolute atomic E-state index is 0.219. The standard InChI is InChI=1S/C15H15N3OS/c1-2-8-20-9-7-17-15(19)14-10-12(16)11-5-3-4-6-13(11)18-14/h1,3-6,10H,7-9H2,(H2,16,18)(H,17,19). The maximum Gasteiger partial charge on any atom is 0.270 e. The van der Waals surface area contributed by atoms with Crippen LogP contribution < -0.4 is 11.1 Å². The molecular weight excluding hydrogens is 270 g/mol. The molecule has 1 heterocycles. The van der Waals surface area contributed by atoms with Gasteiger partial charge in [-0.25, -0.2) is 4.98 Å². The molecule has 0 saturated carbocycles. The van der Waals surface area contributed by atoms with Crippen LogP contribution in [0.3, 0.4) is 0 Å².